The smallest absolute Gasteiger partial charge is 0.303 e. The van der Waals surface area contributed by atoms with Crippen LogP contribution in [0.15, 0.2) is 0 Å². The second-order valence-electron chi connectivity index (χ2n) is 4.81. The van der Waals surface area contributed by atoms with Crippen molar-refractivity contribution >= 4 is 5.97 Å². The molecule has 0 aliphatic rings. The van der Waals surface area contributed by atoms with Crippen LogP contribution in [-0.2, 0) is 4.79 Å². The van der Waals surface area contributed by atoms with Gasteiger partial charge in [0.05, 0.1) is 0 Å². The van der Waals surface area contributed by atoms with E-state index in [-0.39, 0.29) is 6.42 Å². The Bertz CT molecular complexity index is 201. The van der Waals surface area contributed by atoms with Gasteiger partial charge in [-0.3, -0.25) is 4.79 Å². The number of rotatable bonds is 15. The van der Waals surface area contributed by atoms with Crippen molar-refractivity contribution < 1.29 is 9.90 Å². The van der Waals surface area contributed by atoms with Crippen LogP contribution < -0.4 is 16.0 Å². The summed E-state index contributed by atoms with van der Waals surface area (Å²) in [5.74, 6) is -0.716. The summed E-state index contributed by atoms with van der Waals surface area (Å²) in [4.78, 5) is 10.3. The molecule has 0 fully saturated rings. The average molecular weight is 273 g/mol. The molecule has 4 N–H and O–H groups in total. The van der Waals surface area contributed by atoms with Crippen LogP contribution in [-0.4, -0.2) is 50.3 Å². The first-order valence-electron chi connectivity index (χ1n) is 7.61. The predicted molar refractivity (Wildman–Crippen MR) is 79.6 cm³/mol. The zero-order chi connectivity index (χ0) is 14.2. The van der Waals surface area contributed by atoms with Gasteiger partial charge >= 0.3 is 5.97 Å². The van der Waals surface area contributed by atoms with Crippen molar-refractivity contribution in [3.8, 4) is 0 Å². The van der Waals surface area contributed by atoms with Gasteiger partial charge in [-0.15, -0.1) is 0 Å². The minimum atomic E-state index is -0.716. The molecule has 0 aromatic carbocycles. The fraction of sp³-hybridized carbons (Fsp3) is 0.929. The van der Waals surface area contributed by atoms with Crippen molar-refractivity contribution in [2.45, 2.75) is 45.4 Å². The van der Waals surface area contributed by atoms with E-state index in [1.54, 1.807) is 0 Å². The normalized spacial score (nSPS) is 10.8. The molecular formula is C14H31N3O2. The lowest BCUT2D eigenvalue weighted by Gasteiger charge is -2.07. The van der Waals surface area contributed by atoms with Crippen molar-refractivity contribution in [2.24, 2.45) is 0 Å². The van der Waals surface area contributed by atoms with E-state index in [1.807, 2.05) is 0 Å². The van der Waals surface area contributed by atoms with Gasteiger partial charge < -0.3 is 21.1 Å². The van der Waals surface area contributed by atoms with Gasteiger partial charge in [0.25, 0.3) is 0 Å². The van der Waals surface area contributed by atoms with E-state index in [2.05, 4.69) is 22.9 Å². The molecule has 0 radical (unpaired) electrons. The van der Waals surface area contributed by atoms with Crippen LogP contribution in [0.25, 0.3) is 0 Å². The first-order chi connectivity index (χ1) is 9.27. The molecule has 0 saturated heterocycles. The molecule has 5 heteroatoms. The quantitative estimate of drug-likeness (QED) is 0.337. The van der Waals surface area contributed by atoms with E-state index in [9.17, 15) is 4.79 Å². The molecule has 0 saturated carbocycles. The van der Waals surface area contributed by atoms with Gasteiger partial charge in [-0.25, -0.2) is 0 Å². The Balaban J connectivity index is 2.93. The van der Waals surface area contributed by atoms with Gasteiger partial charge in [0.1, 0.15) is 0 Å². The van der Waals surface area contributed by atoms with E-state index in [0.717, 1.165) is 45.7 Å². The van der Waals surface area contributed by atoms with Crippen LogP contribution in [0, 0.1) is 0 Å². The minimum Gasteiger partial charge on any atom is -0.481 e. The maximum Gasteiger partial charge on any atom is 0.303 e. The highest BCUT2D eigenvalue weighted by atomic mass is 16.4. The monoisotopic (exact) mass is 273 g/mol. The Morgan fingerprint density at radius 2 is 1.32 bits per heavy atom. The van der Waals surface area contributed by atoms with Gasteiger partial charge in [-0.2, -0.15) is 0 Å². The lowest BCUT2D eigenvalue weighted by Crippen LogP contribution is -2.30. The number of hydrogen-bond donors (Lipinski definition) is 4. The Morgan fingerprint density at radius 1 is 0.789 bits per heavy atom. The molecule has 0 aliphatic heterocycles. The number of carboxylic acids is 1. The van der Waals surface area contributed by atoms with Crippen LogP contribution in [0.5, 0.6) is 0 Å². The molecule has 0 bridgehead atoms. The Kier molecular flexibility index (Phi) is 14.9. The SMILES string of the molecule is CCCCCNCCCNCCNCCCC(=O)O. The molecule has 0 amide bonds. The zero-order valence-corrected chi connectivity index (χ0v) is 12.3. The van der Waals surface area contributed by atoms with E-state index in [4.69, 9.17) is 5.11 Å². The van der Waals surface area contributed by atoms with Gasteiger partial charge in [0.15, 0.2) is 0 Å². The molecule has 114 valence electrons. The lowest BCUT2D eigenvalue weighted by molar-refractivity contribution is -0.137. The highest BCUT2D eigenvalue weighted by Crippen LogP contribution is 1.90. The maximum atomic E-state index is 10.3. The largest absolute Gasteiger partial charge is 0.481 e. The Hall–Kier alpha value is -0.650. The first-order valence-corrected chi connectivity index (χ1v) is 7.61. The number of hydrogen-bond acceptors (Lipinski definition) is 4. The molecule has 0 unspecified atom stereocenters. The van der Waals surface area contributed by atoms with Crippen molar-refractivity contribution in [3.05, 3.63) is 0 Å². The molecule has 0 aromatic rings. The molecule has 0 aliphatic carbocycles. The van der Waals surface area contributed by atoms with Crippen LogP contribution in [0.1, 0.15) is 45.4 Å². The fourth-order valence-corrected chi connectivity index (χ4v) is 1.75. The van der Waals surface area contributed by atoms with Gasteiger partial charge in [0, 0.05) is 19.5 Å². The Labute approximate surface area is 117 Å². The van der Waals surface area contributed by atoms with Crippen LogP contribution in [0.4, 0.5) is 0 Å². The van der Waals surface area contributed by atoms with Crippen molar-refractivity contribution in [1.82, 2.24) is 16.0 Å². The summed E-state index contributed by atoms with van der Waals surface area (Å²) >= 11 is 0. The predicted octanol–water partition coefficient (Wildman–Crippen LogP) is 1.20. The summed E-state index contributed by atoms with van der Waals surface area (Å²) < 4.78 is 0. The third kappa shape index (κ3) is 17.4. The number of carbonyl (C=O) groups is 1. The molecular weight excluding hydrogens is 242 g/mol. The van der Waals surface area contributed by atoms with Crippen molar-refractivity contribution in [2.75, 3.05) is 39.3 Å². The van der Waals surface area contributed by atoms with Gasteiger partial charge in [-0.1, -0.05) is 19.8 Å². The second-order valence-corrected chi connectivity index (χ2v) is 4.81. The first kappa shape index (κ1) is 18.4. The third-order valence-electron chi connectivity index (χ3n) is 2.89. The lowest BCUT2D eigenvalue weighted by atomic mass is 10.2. The summed E-state index contributed by atoms with van der Waals surface area (Å²) in [5, 5.41) is 18.5. The van der Waals surface area contributed by atoms with Gasteiger partial charge in [-0.05, 0) is 45.4 Å². The molecule has 5 nitrogen and oxygen atoms in total. The second kappa shape index (κ2) is 15.4. The van der Waals surface area contributed by atoms with Crippen LogP contribution >= 0.6 is 0 Å². The maximum absolute atomic E-state index is 10.3. The summed E-state index contributed by atoms with van der Waals surface area (Å²) in [7, 11) is 0. The minimum absolute atomic E-state index is 0.254. The van der Waals surface area contributed by atoms with Crippen molar-refractivity contribution in [3.63, 3.8) is 0 Å². The standard InChI is InChI=1S/C14H31N3O2/c1-2-3-4-8-15-10-6-11-17-13-12-16-9-5-7-14(18)19/h15-17H,2-13H2,1H3,(H,18,19). The topological polar surface area (TPSA) is 73.4 Å². The fourth-order valence-electron chi connectivity index (χ4n) is 1.75. The molecule has 0 aromatic heterocycles. The highest BCUT2D eigenvalue weighted by molar-refractivity contribution is 5.66. The summed E-state index contributed by atoms with van der Waals surface area (Å²) in [5.41, 5.74) is 0. The zero-order valence-electron chi connectivity index (χ0n) is 12.3. The number of unbranched alkanes of at least 4 members (excludes halogenated alkanes) is 2. The summed E-state index contributed by atoms with van der Waals surface area (Å²) in [6.07, 6.45) is 6.00. The van der Waals surface area contributed by atoms with Crippen LogP contribution in [0.3, 0.4) is 0 Å². The number of carboxylic acid groups (broad SMARTS) is 1. The summed E-state index contributed by atoms with van der Waals surface area (Å²) in [6, 6.07) is 0. The molecule has 0 heterocycles. The molecule has 0 spiro atoms. The van der Waals surface area contributed by atoms with Crippen LogP contribution in [0.2, 0.25) is 0 Å². The third-order valence-corrected chi connectivity index (χ3v) is 2.89. The highest BCUT2D eigenvalue weighted by Gasteiger charge is 1.95. The van der Waals surface area contributed by atoms with E-state index < -0.39 is 5.97 Å². The van der Waals surface area contributed by atoms with E-state index in [0.29, 0.717) is 6.42 Å². The number of nitrogens with one attached hydrogen (secondary N) is 3. The number of aliphatic carboxylic acids is 1. The molecule has 19 heavy (non-hydrogen) atoms. The Morgan fingerprint density at radius 3 is 1.89 bits per heavy atom. The van der Waals surface area contributed by atoms with E-state index >= 15 is 0 Å². The van der Waals surface area contributed by atoms with Crippen molar-refractivity contribution in [1.29, 1.82) is 0 Å². The molecule has 0 rings (SSSR count). The van der Waals surface area contributed by atoms with E-state index in [1.165, 1.54) is 19.3 Å². The molecule has 0 atom stereocenters. The van der Waals surface area contributed by atoms with Gasteiger partial charge in [0.2, 0.25) is 0 Å². The average Bonchev–Trinajstić information content (AvgIpc) is 2.39. The summed E-state index contributed by atoms with van der Waals surface area (Å²) in [6.45, 7) is 8.12.